The van der Waals surface area contributed by atoms with Crippen molar-refractivity contribution in [2.45, 2.75) is 6.92 Å². The van der Waals surface area contributed by atoms with Gasteiger partial charge in [0.2, 0.25) is 5.90 Å². The number of ether oxygens (including phenoxy) is 1. The highest BCUT2D eigenvalue weighted by molar-refractivity contribution is 5.88. The summed E-state index contributed by atoms with van der Waals surface area (Å²) >= 11 is 0. The van der Waals surface area contributed by atoms with E-state index in [4.69, 9.17) is 14.6 Å². The van der Waals surface area contributed by atoms with Crippen LogP contribution in [0.3, 0.4) is 0 Å². The van der Waals surface area contributed by atoms with Crippen LogP contribution in [0.1, 0.15) is 12.7 Å². The van der Waals surface area contributed by atoms with Crippen molar-refractivity contribution >= 4 is 18.3 Å². The lowest BCUT2D eigenvalue weighted by atomic mass is 10.4. The maximum absolute atomic E-state index is 7.23. The second-order valence-corrected chi connectivity index (χ2v) is 1.74. The number of hydrogen-bond donors (Lipinski definition) is 1. The van der Waals surface area contributed by atoms with Crippen LogP contribution in [0.4, 0.5) is 0 Å². The standard InChI is InChI=1S/C7H9NO2.ClH/c1-2-9-7(8)6-4-3-5-10-6;/h3-5,8H,2H2,1H3;1H. The van der Waals surface area contributed by atoms with E-state index < -0.39 is 0 Å². The summed E-state index contributed by atoms with van der Waals surface area (Å²) < 4.78 is 9.77. The molecule has 0 fully saturated rings. The monoisotopic (exact) mass is 175 g/mol. The smallest absolute Gasteiger partial charge is 0.250 e. The fraction of sp³-hybridized carbons (Fsp3) is 0.286. The molecule has 0 unspecified atom stereocenters. The molecular formula is C7H10ClNO2. The topological polar surface area (TPSA) is 46.2 Å². The van der Waals surface area contributed by atoms with Crippen molar-refractivity contribution in [3.05, 3.63) is 24.2 Å². The van der Waals surface area contributed by atoms with Gasteiger partial charge in [0.15, 0.2) is 5.76 Å². The molecule has 0 aliphatic carbocycles. The molecule has 0 saturated carbocycles. The SMILES string of the molecule is CCOC(=N)c1ccco1.Cl. The lowest BCUT2D eigenvalue weighted by molar-refractivity contribution is 0.316. The molecule has 1 aromatic rings. The molecule has 1 N–H and O–H groups in total. The Labute approximate surface area is 71.3 Å². The van der Waals surface area contributed by atoms with Gasteiger partial charge >= 0.3 is 0 Å². The van der Waals surface area contributed by atoms with Crippen molar-refractivity contribution in [2.75, 3.05) is 6.61 Å². The molecular weight excluding hydrogens is 166 g/mol. The van der Waals surface area contributed by atoms with Crippen LogP contribution in [-0.2, 0) is 4.74 Å². The molecule has 1 heterocycles. The van der Waals surface area contributed by atoms with Crippen molar-refractivity contribution in [2.24, 2.45) is 0 Å². The van der Waals surface area contributed by atoms with E-state index in [9.17, 15) is 0 Å². The van der Waals surface area contributed by atoms with Gasteiger partial charge in [0.1, 0.15) is 0 Å². The zero-order chi connectivity index (χ0) is 7.40. The summed E-state index contributed by atoms with van der Waals surface area (Å²) in [5.41, 5.74) is 0. The van der Waals surface area contributed by atoms with Gasteiger partial charge in [-0.15, -0.1) is 12.4 Å². The molecule has 62 valence electrons. The van der Waals surface area contributed by atoms with Gasteiger partial charge in [0, 0.05) is 0 Å². The normalized spacial score (nSPS) is 8.45. The van der Waals surface area contributed by atoms with Gasteiger partial charge in [-0.1, -0.05) is 0 Å². The molecule has 0 aliphatic heterocycles. The summed E-state index contributed by atoms with van der Waals surface area (Å²) in [6.45, 7) is 2.33. The molecule has 1 aromatic heterocycles. The predicted octanol–water partition coefficient (Wildman–Crippen LogP) is 2.06. The summed E-state index contributed by atoms with van der Waals surface area (Å²) in [6.07, 6.45) is 1.52. The Bertz CT molecular complexity index is 208. The van der Waals surface area contributed by atoms with E-state index in [2.05, 4.69) is 0 Å². The molecule has 4 heteroatoms. The third kappa shape index (κ3) is 2.63. The van der Waals surface area contributed by atoms with Crippen LogP contribution >= 0.6 is 12.4 Å². The first-order chi connectivity index (χ1) is 4.84. The molecule has 1 rings (SSSR count). The van der Waals surface area contributed by atoms with E-state index in [-0.39, 0.29) is 18.3 Å². The Morgan fingerprint density at radius 1 is 1.73 bits per heavy atom. The first kappa shape index (κ1) is 10.0. The summed E-state index contributed by atoms with van der Waals surface area (Å²) in [5.74, 6) is 0.564. The van der Waals surface area contributed by atoms with Gasteiger partial charge in [0.25, 0.3) is 0 Å². The quantitative estimate of drug-likeness (QED) is 0.553. The fourth-order valence-corrected chi connectivity index (χ4v) is 0.623. The highest BCUT2D eigenvalue weighted by Gasteiger charge is 2.02. The Kier molecular flexibility index (Phi) is 4.38. The molecule has 11 heavy (non-hydrogen) atoms. The van der Waals surface area contributed by atoms with Gasteiger partial charge < -0.3 is 9.15 Å². The second-order valence-electron chi connectivity index (χ2n) is 1.74. The third-order valence-corrected chi connectivity index (χ3v) is 1.03. The minimum absolute atomic E-state index is 0. The largest absolute Gasteiger partial charge is 0.476 e. The maximum Gasteiger partial charge on any atom is 0.250 e. The van der Waals surface area contributed by atoms with Crippen LogP contribution in [0.5, 0.6) is 0 Å². The van der Waals surface area contributed by atoms with Crippen LogP contribution in [-0.4, -0.2) is 12.5 Å². The summed E-state index contributed by atoms with van der Waals surface area (Å²) in [5, 5.41) is 7.23. The average molecular weight is 176 g/mol. The lowest BCUT2D eigenvalue weighted by Crippen LogP contribution is -2.02. The van der Waals surface area contributed by atoms with Gasteiger partial charge in [-0.2, -0.15) is 0 Å². The second kappa shape index (κ2) is 4.79. The number of furan rings is 1. The van der Waals surface area contributed by atoms with E-state index in [0.29, 0.717) is 12.4 Å². The molecule has 3 nitrogen and oxygen atoms in total. The van der Waals surface area contributed by atoms with Crippen molar-refractivity contribution in [1.29, 1.82) is 5.41 Å². The number of halogens is 1. The number of nitrogens with one attached hydrogen (secondary N) is 1. The van der Waals surface area contributed by atoms with Crippen molar-refractivity contribution in [3.63, 3.8) is 0 Å². The van der Waals surface area contributed by atoms with Crippen molar-refractivity contribution in [3.8, 4) is 0 Å². The molecule has 0 atom stereocenters. The third-order valence-electron chi connectivity index (χ3n) is 1.03. The summed E-state index contributed by atoms with van der Waals surface area (Å²) in [4.78, 5) is 0. The molecule has 0 bridgehead atoms. The predicted molar refractivity (Wildman–Crippen MR) is 44.4 cm³/mol. The minimum Gasteiger partial charge on any atom is -0.476 e. The molecule has 0 spiro atoms. The zero-order valence-corrected chi connectivity index (χ0v) is 6.98. The minimum atomic E-state index is 0. The Hall–Kier alpha value is -0.960. The Morgan fingerprint density at radius 2 is 2.45 bits per heavy atom. The Morgan fingerprint density at radius 3 is 2.91 bits per heavy atom. The first-order valence-electron chi connectivity index (χ1n) is 3.10. The number of rotatable bonds is 2. The average Bonchev–Trinajstić information content (AvgIpc) is 2.38. The van der Waals surface area contributed by atoms with Gasteiger partial charge in [0.05, 0.1) is 12.9 Å². The zero-order valence-electron chi connectivity index (χ0n) is 6.16. The molecule has 0 radical (unpaired) electrons. The van der Waals surface area contributed by atoms with E-state index in [1.54, 1.807) is 12.1 Å². The highest BCUT2D eigenvalue weighted by atomic mass is 35.5. The van der Waals surface area contributed by atoms with E-state index in [1.165, 1.54) is 6.26 Å². The molecule has 0 saturated heterocycles. The van der Waals surface area contributed by atoms with Crippen LogP contribution < -0.4 is 0 Å². The van der Waals surface area contributed by atoms with Crippen LogP contribution in [0.2, 0.25) is 0 Å². The maximum atomic E-state index is 7.23. The van der Waals surface area contributed by atoms with Gasteiger partial charge in [-0.25, -0.2) is 0 Å². The van der Waals surface area contributed by atoms with Crippen molar-refractivity contribution in [1.82, 2.24) is 0 Å². The van der Waals surface area contributed by atoms with E-state index >= 15 is 0 Å². The number of hydrogen-bond acceptors (Lipinski definition) is 3. The van der Waals surface area contributed by atoms with Crippen LogP contribution in [0.15, 0.2) is 22.8 Å². The van der Waals surface area contributed by atoms with Crippen LogP contribution in [0.25, 0.3) is 0 Å². The highest BCUT2D eigenvalue weighted by Crippen LogP contribution is 2.01. The fourth-order valence-electron chi connectivity index (χ4n) is 0.623. The van der Waals surface area contributed by atoms with Crippen molar-refractivity contribution < 1.29 is 9.15 Å². The molecule has 0 aliphatic rings. The summed E-state index contributed by atoms with van der Waals surface area (Å²) in [7, 11) is 0. The van der Waals surface area contributed by atoms with Gasteiger partial charge in [-0.3, -0.25) is 5.41 Å². The van der Waals surface area contributed by atoms with E-state index in [0.717, 1.165) is 0 Å². The van der Waals surface area contributed by atoms with Crippen LogP contribution in [0, 0.1) is 5.41 Å². The first-order valence-corrected chi connectivity index (χ1v) is 3.10. The summed E-state index contributed by atoms with van der Waals surface area (Å²) in [6, 6.07) is 3.42. The molecule has 0 aromatic carbocycles. The van der Waals surface area contributed by atoms with E-state index in [1.807, 2.05) is 6.92 Å². The Balaban J connectivity index is 0.000001000. The lowest BCUT2D eigenvalue weighted by Gasteiger charge is -1.98. The van der Waals surface area contributed by atoms with Gasteiger partial charge in [-0.05, 0) is 19.1 Å². The molecule has 0 amide bonds.